The fraction of sp³-hybridized carbons (Fsp3) is 0.917. The lowest BCUT2D eigenvalue weighted by Gasteiger charge is -2.31. The summed E-state index contributed by atoms with van der Waals surface area (Å²) in [6, 6.07) is 0. The number of nitrogens with one attached hydrogen (secondary N) is 1. The minimum Gasteiger partial charge on any atom is -0.316 e. The van der Waals surface area contributed by atoms with Gasteiger partial charge in [0.2, 0.25) is 5.91 Å². The van der Waals surface area contributed by atoms with E-state index in [0.717, 1.165) is 39.0 Å². The molecule has 0 saturated heterocycles. The highest BCUT2D eigenvalue weighted by atomic mass is 16.2. The molecule has 0 spiro atoms. The Hall–Kier alpha value is -0.610. The van der Waals surface area contributed by atoms with E-state index in [1.807, 2.05) is 7.05 Å². The first kappa shape index (κ1) is 15.4. The zero-order chi connectivity index (χ0) is 12.4. The number of amides is 1. The number of nitrogens with zero attached hydrogens (tertiary/aromatic N) is 2. The topological polar surface area (TPSA) is 35.6 Å². The lowest BCUT2D eigenvalue weighted by Crippen LogP contribution is -2.45. The van der Waals surface area contributed by atoms with Gasteiger partial charge in [-0.2, -0.15) is 0 Å². The predicted molar refractivity (Wildman–Crippen MR) is 68.1 cm³/mol. The van der Waals surface area contributed by atoms with Crippen LogP contribution in [0.3, 0.4) is 0 Å². The van der Waals surface area contributed by atoms with E-state index >= 15 is 0 Å². The van der Waals surface area contributed by atoms with E-state index in [-0.39, 0.29) is 5.91 Å². The van der Waals surface area contributed by atoms with Crippen molar-refractivity contribution in [1.82, 2.24) is 15.3 Å². The molecule has 1 N–H and O–H groups in total. The highest BCUT2D eigenvalue weighted by Gasteiger charge is 2.14. The first-order valence-corrected chi connectivity index (χ1v) is 6.39. The molecule has 0 heterocycles. The van der Waals surface area contributed by atoms with Gasteiger partial charge in [0.15, 0.2) is 0 Å². The van der Waals surface area contributed by atoms with Crippen LogP contribution in [0.2, 0.25) is 0 Å². The van der Waals surface area contributed by atoms with Gasteiger partial charge in [-0.1, -0.05) is 20.8 Å². The maximum Gasteiger partial charge on any atom is 0.237 e. The lowest BCUT2D eigenvalue weighted by molar-refractivity contribution is -0.145. The number of hydrogen-bond donors (Lipinski definition) is 1. The van der Waals surface area contributed by atoms with E-state index in [0.29, 0.717) is 6.42 Å². The molecule has 1 amide bonds. The summed E-state index contributed by atoms with van der Waals surface area (Å²) in [5.74, 6) is 0.197. The van der Waals surface area contributed by atoms with Crippen molar-refractivity contribution in [1.29, 1.82) is 0 Å². The van der Waals surface area contributed by atoms with E-state index in [2.05, 4.69) is 31.1 Å². The molecule has 4 nitrogen and oxygen atoms in total. The van der Waals surface area contributed by atoms with Crippen LogP contribution in [0.5, 0.6) is 0 Å². The molecule has 0 aliphatic carbocycles. The van der Waals surface area contributed by atoms with Gasteiger partial charge in [0.25, 0.3) is 0 Å². The third-order valence-corrected chi connectivity index (χ3v) is 2.51. The van der Waals surface area contributed by atoms with Crippen molar-refractivity contribution < 1.29 is 4.79 Å². The molecule has 0 radical (unpaired) electrons. The molecule has 96 valence electrons. The van der Waals surface area contributed by atoms with E-state index in [9.17, 15) is 4.79 Å². The summed E-state index contributed by atoms with van der Waals surface area (Å²) in [5, 5.41) is 7.09. The van der Waals surface area contributed by atoms with Crippen molar-refractivity contribution in [2.24, 2.45) is 0 Å². The van der Waals surface area contributed by atoms with Crippen LogP contribution in [0, 0.1) is 0 Å². The van der Waals surface area contributed by atoms with Gasteiger partial charge < -0.3 is 5.32 Å². The number of hydrazine groups is 1. The second kappa shape index (κ2) is 9.60. The Bertz CT molecular complexity index is 179. The van der Waals surface area contributed by atoms with Crippen LogP contribution < -0.4 is 5.32 Å². The van der Waals surface area contributed by atoms with Gasteiger partial charge in [-0.3, -0.25) is 9.80 Å². The lowest BCUT2D eigenvalue weighted by atomic mass is 10.3. The van der Waals surface area contributed by atoms with Crippen LogP contribution in [-0.4, -0.2) is 49.2 Å². The van der Waals surface area contributed by atoms with Crippen LogP contribution in [0.4, 0.5) is 0 Å². The maximum atomic E-state index is 11.9. The number of rotatable bonds is 9. The molecule has 0 unspecified atom stereocenters. The van der Waals surface area contributed by atoms with E-state index < -0.39 is 0 Å². The molecule has 0 aliphatic rings. The minimum absolute atomic E-state index is 0.197. The van der Waals surface area contributed by atoms with E-state index in [1.54, 1.807) is 5.01 Å². The Labute approximate surface area is 100.0 Å². The molecule has 0 aromatic heterocycles. The van der Waals surface area contributed by atoms with Crippen molar-refractivity contribution in [3.8, 4) is 0 Å². The summed E-state index contributed by atoms with van der Waals surface area (Å²) in [6.45, 7) is 9.93. The Kier molecular flexibility index (Phi) is 9.24. The quantitative estimate of drug-likeness (QED) is 0.480. The Balaban J connectivity index is 4.03. The van der Waals surface area contributed by atoms with Crippen LogP contribution >= 0.6 is 0 Å². The molecule has 0 fully saturated rings. The smallest absolute Gasteiger partial charge is 0.237 e. The maximum absolute atomic E-state index is 11.9. The van der Waals surface area contributed by atoms with Gasteiger partial charge in [0.1, 0.15) is 0 Å². The summed E-state index contributed by atoms with van der Waals surface area (Å²) >= 11 is 0. The standard InChI is InChI=1S/C12H27N3O/c1-5-10-15(11-6-2)14(4)12(16)8-9-13-7-3/h13H,5-11H2,1-4H3. The first-order chi connectivity index (χ1) is 7.67. The van der Waals surface area contributed by atoms with Gasteiger partial charge in [0, 0.05) is 33.1 Å². The summed E-state index contributed by atoms with van der Waals surface area (Å²) in [6.07, 6.45) is 2.73. The van der Waals surface area contributed by atoms with Crippen molar-refractivity contribution in [2.45, 2.75) is 40.0 Å². The van der Waals surface area contributed by atoms with Gasteiger partial charge in [-0.05, 0) is 19.4 Å². The molecule has 0 aromatic carbocycles. The Morgan fingerprint density at radius 2 is 1.69 bits per heavy atom. The molecule has 0 bridgehead atoms. The first-order valence-electron chi connectivity index (χ1n) is 6.39. The molecule has 0 rings (SSSR count). The molecule has 0 aliphatic heterocycles. The van der Waals surface area contributed by atoms with Gasteiger partial charge >= 0.3 is 0 Å². The van der Waals surface area contributed by atoms with Crippen LogP contribution in [0.15, 0.2) is 0 Å². The molecule has 0 saturated carbocycles. The van der Waals surface area contributed by atoms with Gasteiger partial charge in [-0.25, -0.2) is 5.01 Å². The molecular formula is C12H27N3O. The Morgan fingerprint density at radius 3 is 2.12 bits per heavy atom. The monoisotopic (exact) mass is 229 g/mol. The van der Waals surface area contributed by atoms with Crippen LogP contribution in [0.25, 0.3) is 0 Å². The molecular weight excluding hydrogens is 202 g/mol. The van der Waals surface area contributed by atoms with Gasteiger partial charge in [0.05, 0.1) is 0 Å². The van der Waals surface area contributed by atoms with Crippen molar-refractivity contribution in [3.63, 3.8) is 0 Å². The normalized spacial score (nSPS) is 10.8. The second-order valence-electron chi connectivity index (χ2n) is 3.97. The molecule has 16 heavy (non-hydrogen) atoms. The second-order valence-corrected chi connectivity index (χ2v) is 3.97. The van der Waals surface area contributed by atoms with Crippen molar-refractivity contribution >= 4 is 5.91 Å². The predicted octanol–water partition coefficient (Wildman–Crippen LogP) is 1.48. The highest BCUT2D eigenvalue weighted by molar-refractivity contribution is 5.75. The summed E-state index contributed by atoms with van der Waals surface area (Å²) in [4.78, 5) is 11.9. The highest BCUT2D eigenvalue weighted by Crippen LogP contribution is 2.01. The fourth-order valence-corrected chi connectivity index (χ4v) is 1.62. The molecule has 4 heteroatoms. The van der Waals surface area contributed by atoms with E-state index in [4.69, 9.17) is 0 Å². The van der Waals surface area contributed by atoms with E-state index in [1.165, 1.54) is 0 Å². The zero-order valence-electron chi connectivity index (χ0n) is 11.3. The number of carbonyl (C=O) groups is 1. The zero-order valence-corrected chi connectivity index (χ0v) is 11.3. The Morgan fingerprint density at radius 1 is 1.12 bits per heavy atom. The SMILES string of the molecule is CCCN(CCC)N(C)C(=O)CCNCC. The number of hydrogen-bond acceptors (Lipinski definition) is 3. The summed E-state index contributed by atoms with van der Waals surface area (Å²) in [5.41, 5.74) is 0. The molecule has 0 atom stereocenters. The fourth-order valence-electron chi connectivity index (χ4n) is 1.62. The summed E-state index contributed by atoms with van der Waals surface area (Å²) < 4.78 is 0. The third-order valence-electron chi connectivity index (χ3n) is 2.51. The van der Waals surface area contributed by atoms with Crippen molar-refractivity contribution in [3.05, 3.63) is 0 Å². The van der Waals surface area contributed by atoms with Crippen LogP contribution in [0.1, 0.15) is 40.0 Å². The van der Waals surface area contributed by atoms with Gasteiger partial charge in [-0.15, -0.1) is 0 Å². The summed E-state index contributed by atoms with van der Waals surface area (Å²) in [7, 11) is 1.87. The average molecular weight is 229 g/mol. The largest absolute Gasteiger partial charge is 0.316 e. The average Bonchev–Trinajstić information content (AvgIpc) is 2.28. The minimum atomic E-state index is 0.197. The number of carbonyl (C=O) groups excluding carboxylic acids is 1. The third kappa shape index (κ3) is 6.08. The van der Waals surface area contributed by atoms with Crippen LogP contribution in [-0.2, 0) is 4.79 Å². The van der Waals surface area contributed by atoms with Crippen molar-refractivity contribution in [2.75, 3.05) is 33.2 Å². The molecule has 0 aromatic rings.